The molecule has 3 heteroatoms. The number of Topliss-reactive ketones (excluding diaryl/α,β-unsaturated/α-hetero) is 1. The highest BCUT2D eigenvalue weighted by Gasteiger charge is 2.23. The summed E-state index contributed by atoms with van der Waals surface area (Å²) in [6.07, 6.45) is 1.45. The Kier molecular flexibility index (Phi) is 3.60. The molecule has 0 aromatic carbocycles. The van der Waals surface area contributed by atoms with Crippen molar-refractivity contribution in [1.29, 1.82) is 0 Å². The molecule has 1 unspecified atom stereocenters. The number of halogens is 1. The van der Waals surface area contributed by atoms with E-state index in [1.165, 1.54) is 6.92 Å². The van der Waals surface area contributed by atoms with Crippen molar-refractivity contribution in [1.82, 2.24) is 5.32 Å². The molecule has 0 saturated heterocycles. The van der Waals surface area contributed by atoms with E-state index in [0.29, 0.717) is 6.54 Å². The van der Waals surface area contributed by atoms with E-state index in [2.05, 4.69) is 5.32 Å². The Hall–Kier alpha value is -0.700. The van der Waals surface area contributed by atoms with Crippen LogP contribution in [0.25, 0.3) is 0 Å². The van der Waals surface area contributed by atoms with Gasteiger partial charge < -0.3 is 5.32 Å². The third-order valence-electron chi connectivity index (χ3n) is 2.45. The van der Waals surface area contributed by atoms with Gasteiger partial charge in [0.1, 0.15) is 6.17 Å². The predicted octanol–water partition coefficient (Wildman–Crippen LogP) is 1.61. The van der Waals surface area contributed by atoms with Crippen molar-refractivity contribution in [2.45, 2.75) is 32.4 Å². The van der Waals surface area contributed by atoms with Gasteiger partial charge in [0.15, 0.2) is 5.78 Å². The molecule has 0 saturated carbocycles. The smallest absolute Gasteiger partial charge is 0.155 e. The van der Waals surface area contributed by atoms with E-state index < -0.39 is 6.17 Å². The van der Waals surface area contributed by atoms with Crippen LogP contribution in [0, 0.1) is 0 Å². The Morgan fingerprint density at radius 3 is 2.85 bits per heavy atom. The third-order valence-corrected chi connectivity index (χ3v) is 2.45. The maximum Gasteiger partial charge on any atom is 0.155 e. The topological polar surface area (TPSA) is 29.1 Å². The average molecular weight is 185 g/mol. The first-order valence-electron chi connectivity index (χ1n) is 4.68. The molecule has 0 fully saturated rings. The number of nitrogens with one attached hydrogen (secondary N) is 1. The van der Waals surface area contributed by atoms with Crippen LogP contribution in [0.4, 0.5) is 4.39 Å². The summed E-state index contributed by atoms with van der Waals surface area (Å²) in [6, 6.07) is 0. The van der Waals surface area contributed by atoms with E-state index in [0.717, 1.165) is 30.4 Å². The SMILES string of the molecule is CNCC(F)C1=C(C(C)=O)CCC1. The lowest BCUT2D eigenvalue weighted by Gasteiger charge is -2.10. The number of carbonyl (C=O) groups is 1. The molecule has 0 radical (unpaired) electrons. The summed E-state index contributed by atoms with van der Waals surface area (Å²) in [6.45, 7) is 1.83. The second kappa shape index (κ2) is 4.51. The molecule has 1 aliphatic rings. The fraction of sp³-hybridized carbons (Fsp3) is 0.700. The number of allylic oxidation sites excluding steroid dienone is 1. The largest absolute Gasteiger partial charge is 0.317 e. The summed E-state index contributed by atoms with van der Waals surface area (Å²) in [5.74, 6) is 0.0336. The summed E-state index contributed by atoms with van der Waals surface area (Å²) < 4.78 is 13.4. The van der Waals surface area contributed by atoms with E-state index in [4.69, 9.17) is 0 Å². The standard InChI is InChI=1S/C10H16FNO/c1-7(13)8-4-3-5-9(8)10(11)6-12-2/h10,12H,3-6H2,1-2H3. The highest BCUT2D eigenvalue weighted by molar-refractivity contribution is 5.94. The first-order valence-corrected chi connectivity index (χ1v) is 4.68. The first-order chi connectivity index (χ1) is 6.16. The van der Waals surface area contributed by atoms with Crippen LogP contribution >= 0.6 is 0 Å². The van der Waals surface area contributed by atoms with Crippen molar-refractivity contribution < 1.29 is 9.18 Å². The molecule has 0 bridgehead atoms. The molecule has 0 aromatic rings. The molecule has 1 rings (SSSR count). The van der Waals surface area contributed by atoms with Gasteiger partial charge in [0.2, 0.25) is 0 Å². The lowest BCUT2D eigenvalue weighted by atomic mass is 10.0. The predicted molar refractivity (Wildman–Crippen MR) is 50.4 cm³/mol. The van der Waals surface area contributed by atoms with Crippen LogP contribution in [0.15, 0.2) is 11.1 Å². The van der Waals surface area contributed by atoms with Crippen molar-refractivity contribution in [2.75, 3.05) is 13.6 Å². The minimum absolute atomic E-state index is 0.0336. The lowest BCUT2D eigenvalue weighted by molar-refractivity contribution is -0.113. The normalized spacial score (nSPS) is 19.3. The van der Waals surface area contributed by atoms with Gasteiger partial charge in [-0.3, -0.25) is 4.79 Å². The second-order valence-corrected chi connectivity index (χ2v) is 3.44. The molecule has 0 aliphatic heterocycles. The number of alkyl halides is 1. The van der Waals surface area contributed by atoms with E-state index in [1.54, 1.807) is 7.05 Å². The van der Waals surface area contributed by atoms with Crippen LogP contribution in [0.2, 0.25) is 0 Å². The zero-order valence-corrected chi connectivity index (χ0v) is 8.19. The molecule has 2 nitrogen and oxygen atoms in total. The van der Waals surface area contributed by atoms with Crippen LogP contribution in [0.1, 0.15) is 26.2 Å². The molecule has 0 heterocycles. The molecule has 1 N–H and O–H groups in total. The fourth-order valence-corrected chi connectivity index (χ4v) is 1.82. The highest BCUT2D eigenvalue weighted by atomic mass is 19.1. The quantitative estimate of drug-likeness (QED) is 0.721. The van der Waals surface area contributed by atoms with Crippen LogP contribution < -0.4 is 5.32 Å². The molecule has 0 aromatic heterocycles. The van der Waals surface area contributed by atoms with Crippen molar-refractivity contribution in [2.24, 2.45) is 0 Å². The van der Waals surface area contributed by atoms with Gasteiger partial charge in [0, 0.05) is 6.54 Å². The number of rotatable bonds is 4. The van der Waals surface area contributed by atoms with Crippen molar-refractivity contribution in [3.8, 4) is 0 Å². The summed E-state index contributed by atoms with van der Waals surface area (Å²) in [7, 11) is 1.72. The van der Waals surface area contributed by atoms with E-state index in [-0.39, 0.29) is 5.78 Å². The molecule has 1 atom stereocenters. The zero-order valence-electron chi connectivity index (χ0n) is 8.19. The molecule has 1 aliphatic carbocycles. The Balaban J connectivity index is 2.74. The summed E-state index contributed by atoms with van der Waals surface area (Å²) >= 11 is 0. The minimum Gasteiger partial charge on any atom is -0.317 e. The third kappa shape index (κ3) is 2.37. The molecule has 0 amide bonds. The van der Waals surface area contributed by atoms with Gasteiger partial charge in [0.25, 0.3) is 0 Å². The van der Waals surface area contributed by atoms with Crippen LogP contribution in [0.5, 0.6) is 0 Å². The van der Waals surface area contributed by atoms with Crippen molar-refractivity contribution >= 4 is 5.78 Å². The van der Waals surface area contributed by atoms with E-state index in [1.807, 2.05) is 0 Å². The van der Waals surface area contributed by atoms with Crippen LogP contribution in [0.3, 0.4) is 0 Å². The second-order valence-electron chi connectivity index (χ2n) is 3.44. The number of hydrogen-bond acceptors (Lipinski definition) is 2. The summed E-state index contributed by atoms with van der Waals surface area (Å²) in [4.78, 5) is 11.1. The average Bonchev–Trinajstić information content (AvgIpc) is 2.52. The van der Waals surface area contributed by atoms with Gasteiger partial charge in [-0.05, 0) is 44.4 Å². The highest BCUT2D eigenvalue weighted by Crippen LogP contribution is 2.30. The number of carbonyl (C=O) groups excluding carboxylic acids is 1. The number of ketones is 1. The van der Waals surface area contributed by atoms with Gasteiger partial charge in [-0.25, -0.2) is 4.39 Å². The van der Waals surface area contributed by atoms with Gasteiger partial charge in [0.05, 0.1) is 0 Å². The molecular formula is C10H16FNO. The Morgan fingerprint density at radius 2 is 2.31 bits per heavy atom. The van der Waals surface area contributed by atoms with Crippen molar-refractivity contribution in [3.63, 3.8) is 0 Å². The maximum atomic E-state index is 13.4. The molecule has 74 valence electrons. The molecular weight excluding hydrogens is 169 g/mol. The Morgan fingerprint density at radius 1 is 1.62 bits per heavy atom. The Labute approximate surface area is 78.2 Å². The van der Waals surface area contributed by atoms with Crippen molar-refractivity contribution in [3.05, 3.63) is 11.1 Å². The number of hydrogen-bond donors (Lipinski definition) is 1. The van der Waals surface area contributed by atoms with E-state index in [9.17, 15) is 9.18 Å². The van der Waals surface area contributed by atoms with Gasteiger partial charge in [-0.2, -0.15) is 0 Å². The zero-order chi connectivity index (χ0) is 9.84. The van der Waals surface area contributed by atoms with E-state index >= 15 is 0 Å². The minimum atomic E-state index is -0.980. The monoisotopic (exact) mass is 185 g/mol. The first kappa shape index (κ1) is 10.4. The van der Waals surface area contributed by atoms with Gasteiger partial charge >= 0.3 is 0 Å². The summed E-state index contributed by atoms with van der Waals surface area (Å²) in [5, 5.41) is 2.78. The lowest BCUT2D eigenvalue weighted by Crippen LogP contribution is -2.22. The molecule has 13 heavy (non-hydrogen) atoms. The van der Waals surface area contributed by atoms with Crippen LogP contribution in [-0.2, 0) is 4.79 Å². The van der Waals surface area contributed by atoms with Gasteiger partial charge in [-0.15, -0.1) is 0 Å². The van der Waals surface area contributed by atoms with Crippen LogP contribution in [-0.4, -0.2) is 25.5 Å². The maximum absolute atomic E-state index is 13.4. The fourth-order valence-electron chi connectivity index (χ4n) is 1.82. The summed E-state index contributed by atoms with van der Waals surface area (Å²) in [5.41, 5.74) is 1.45. The van der Waals surface area contributed by atoms with Gasteiger partial charge in [-0.1, -0.05) is 0 Å². The molecule has 0 spiro atoms. The Bertz CT molecular complexity index is 235.